The van der Waals surface area contributed by atoms with Crippen LogP contribution in [0.2, 0.25) is 10.0 Å². The second kappa shape index (κ2) is 9.36. The molecule has 0 unspecified atom stereocenters. The molecule has 27 heavy (non-hydrogen) atoms. The van der Waals surface area contributed by atoms with E-state index in [1.165, 1.54) is 36.4 Å². The standard InChI is InChI=1S/C19H13Cl2F2NO3/c1-2-26-16-9-11(6-7-15(16)27-19(22)23)8-12(10-24)18(25)17-13(20)4-3-5-14(17)21/h3-9,19H,2H2,1H3/b12-8-. The largest absolute Gasteiger partial charge is 0.490 e. The maximum Gasteiger partial charge on any atom is 0.387 e. The Kier molecular flexibility index (Phi) is 7.17. The van der Waals surface area contributed by atoms with Crippen molar-refractivity contribution in [2.45, 2.75) is 13.5 Å². The number of carbonyl (C=O) groups excluding carboxylic acids is 1. The topological polar surface area (TPSA) is 59.3 Å². The predicted octanol–water partition coefficient (Wildman–Crippen LogP) is 5.78. The third kappa shape index (κ3) is 5.19. The van der Waals surface area contributed by atoms with Crippen LogP contribution in [0.15, 0.2) is 42.0 Å². The molecule has 0 aromatic heterocycles. The van der Waals surface area contributed by atoms with Crippen molar-refractivity contribution >= 4 is 35.1 Å². The van der Waals surface area contributed by atoms with Gasteiger partial charge in [0.05, 0.1) is 22.2 Å². The van der Waals surface area contributed by atoms with E-state index < -0.39 is 12.4 Å². The number of alkyl halides is 2. The van der Waals surface area contributed by atoms with E-state index >= 15 is 0 Å². The highest BCUT2D eigenvalue weighted by Gasteiger charge is 2.19. The van der Waals surface area contributed by atoms with E-state index in [9.17, 15) is 18.8 Å². The van der Waals surface area contributed by atoms with E-state index in [4.69, 9.17) is 27.9 Å². The first-order valence-electron chi connectivity index (χ1n) is 7.69. The van der Waals surface area contributed by atoms with Crippen molar-refractivity contribution in [1.29, 1.82) is 5.26 Å². The number of nitriles is 1. The van der Waals surface area contributed by atoms with Crippen molar-refractivity contribution in [3.63, 3.8) is 0 Å². The van der Waals surface area contributed by atoms with Gasteiger partial charge in [-0.2, -0.15) is 14.0 Å². The summed E-state index contributed by atoms with van der Waals surface area (Å²) in [4.78, 5) is 12.6. The van der Waals surface area contributed by atoms with Crippen LogP contribution in [-0.2, 0) is 0 Å². The van der Waals surface area contributed by atoms with Gasteiger partial charge in [0.25, 0.3) is 0 Å². The molecule has 0 aliphatic rings. The number of allylic oxidation sites excluding steroid dienone is 1. The molecule has 0 fully saturated rings. The summed E-state index contributed by atoms with van der Waals surface area (Å²) in [5.41, 5.74) is 0.166. The molecule has 0 spiro atoms. The molecular weight excluding hydrogens is 399 g/mol. The number of halogens is 4. The van der Waals surface area contributed by atoms with Crippen LogP contribution in [0.1, 0.15) is 22.8 Å². The average Bonchev–Trinajstić information content (AvgIpc) is 2.61. The van der Waals surface area contributed by atoms with Gasteiger partial charge in [-0.25, -0.2) is 0 Å². The summed E-state index contributed by atoms with van der Waals surface area (Å²) in [5.74, 6) is -0.742. The number of rotatable bonds is 7. The Morgan fingerprint density at radius 2 is 1.89 bits per heavy atom. The highest BCUT2D eigenvalue weighted by Crippen LogP contribution is 2.32. The van der Waals surface area contributed by atoms with Crippen LogP contribution in [0.5, 0.6) is 11.5 Å². The Morgan fingerprint density at radius 1 is 1.22 bits per heavy atom. The maximum absolute atomic E-state index is 12.6. The fraction of sp³-hybridized carbons (Fsp3) is 0.158. The SMILES string of the molecule is CCOc1cc(/C=C(/C#N)C(=O)c2c(Cl)cccc2Cl)ccc1OC(F)F. The monoisotopic (exact) mass is 411 g/mol. The molecule has 0 heterocycles. The van der Waals surface area contributed by atoms with Gasteiger partial charge < -0.3 is 9.47 Å². The summed E-state index contributed by atoms with van der Waals surface area (Å²) in [6.07, 6.45) is 1.29. The molecule has 0 amide bonds. The van der Waals surface area contributed by atoms with Crippen LogP contribution in [0.25, 0.3) is 6.08 Å². The van der Waals surface area contributed by atoms with Gasteiger partial charge in [0.1, 0.15) is 11.6 Å². The smallest absolute Gasteiger partial charge is 0.387 e. The number of Topliss-reactive ketones (excluding diaryl/α,β-unsaturated/α-hetero) is 1. The van der Waals surface area contributed by atoms with Crippen LogP contribution in [0.3, 0.4) is 0 Å². The van der Waals surface area contributed by atoms with E-state index in [2.05, 4.69) is 4.74 Å². The molecule has 0 N–H and O–H groups in total. The minimum absolute atomic E-state index is 0.0105. The van der Waals surface area contributed by atoms with Crippen LogP contribution in [0, 0.1) is 11.3 Å². The molecule has 0 aliphatic carbocycles. The first-order valence-corrected chi connectivity index (χ1v) is 8.45. The van der Waals surface area contributed by atoms with Crippen molar-refractivity contribution in [3.05, 3.63) is 63.1 Å². The molecular formula is C19H13Cl2F2NO3. The third-order valence-corrected chi connectivity index (χ3v) is 3.98. The number of hydrogen-bond donors (Lipinski definition) is 0. The van der Waals surface area contributed by atoms with Gasteiger partial charge >= 0.3 is 6.61 Å². The van der Waals surface area contributed by atoms with Crippen molar-refractivity contribution in [2.24, 2.45) is 0 Å². The maximum atomic E-state index is 12.6. The second-order valence-electron chi connectivity index (χ2n) is 5.11. The zero-order valence-electron chi connectivity index (χ0n) is 14.0. The molecule has 4 nitrogen and oxygen atoms in total. The van der Waals surface area contributed by atoms with Crippen LogP contribution in [0.4, 0.5) is 8.78 Å². The lowest BCUT2D eigenvalue weighted by Crippen LogP contribution is -2.05. The molecule has 0 atom stereocenters. The Bertz CT molecular complexity index is 903. The van der Waals surface area contributed by atoms with Gasteiger partial charge in [0, 0.05) is 0 Å². The molecule has 2 aromatic rings. The number of carbonyl (C=O) groups is 1. The molecule has 0 saturated carbocycles. The zero-order valence-corrected chi connectivity index (χ0v) is 15.5. The minimum Gasteiger partial charge on any atom is -0.490 e. The van der Waals surface area contributed by atoms with E-state index in [0.29, 0.717) is 5.56 Å². The molecule has 8 heteroatoms. The van der Waals surface area contributed by atoms with E-state index in [1.54, 1.807) is 19.1 Å². The van der Waals surface area contributed by atoms with Crippen molar-refractivity contribution in [1.82, 2.24) is 0 Å². The number of hydrogen-bond acceptors (Lipinski definition) is 4. The molecule has 0 aliphatic heterocycles. The normalized spacial score (nSPS) is 11.2. The first kappa shape index (κ1) is 20.7. The number of nitrogens with zero attached hydrogens (tertiary/aromatic N) is 1. The molecule has 0 saturated heterocycles. The fourth-order valence-electron chi connectivity index (χ4n) is 2.24. The summed E-state index contributed by atoms with van der Waals surface area (Å²) in [6.45, 7) is -1.12. The van der Waals surface area contributed by atoms with Crippen molar-refractivity contribution < 1.29 is 23.0 Å². The summed E-state index contributed by atoms with van der Waals surface area (Å²) in [5, 5.41) is 9.60. The Hall–Kier alpha value is -2.62. The van der Waals surface area contributed by atoms with Crippen molar-refractivity contribution in [2.75, 3.05) is 6.61 Å². The predicted molar refractivity (Wildman–Crippen MR) is 98.6 cm³/mol. The van der Waals surface area contributed by atoms with Gasteiger partial charge in [-0.05, 0) is 42.8 Å². The zero-order chi connectivity index (χ0) is 20.0. The van der Waals surface area contributed by atoms with Gasteiger partial charge in [-0.15, -0.1) is 0 Å². The summed E-state index contributed by atoms with van der Waals surface area (Å²) in [6, 6.07) is 10.4. The van der Waals surface area contributed by atoms with Crippen LogP contribution >= 0.6 is 23.2 Å². The average molecular weight is 412 g/mol. The fourth-order valence-corrected chi connectivity index (χ4v) is 2.81. The number of ketones is 1. The van der Waals surface area contributed by atoms with Gasteiger partial charge in [-0.1, -0.05) is 35.3 Å². The molecule has 140 valence electrons. The van der Waals surface area contributed by atoms with Gasteiger partial charge in [0.2, 0.25) is 5.78 Å². The first-order chi connectivity index (χ1) is 12.9. The van der Waals surface area contributed by atoms with E-state index in [-0.39, 0.29) is 39.3 Å². The Morgan fingerprint density at radius 3 is 2.44 bits per heavy atom. The van der Waals surface area contributed by atoms with E-state index in [1.807, 2.05) is 0 Å². The van der Waals surface area contributed by atoms with Gasteiger partial charge in [-0.3, -0.25) is 4.79 Å². The van der Waals surface area contributed by atoms with E-state index in [0.717, 1.165) is 0 Å². The summed E-state index contributed by atoms with van der Waals surface area (Å²) in [7, 11) is 0. The molecule has 2 rings (SSSR count). The Balaban J connectivity index is 2.44. The highest BCUT2D eigenvalue weighted by atomic mass is 35.5. The molecule has 2 aromatic carbocycles. The lowest BCUT2D eigenvalue weighted by atomic mass is 10.0. The quantitative estimate of drug-likeness (QED) is 0.329. The van der Waals surface area contributed by atoms with Crippen LogP contribution in [-0.4, -0.2) is 19.0 Å². The third-order valence-electron chi connectivity index (χ3n) is 3.35. The Labute approximate surface area is 164 Å². The molecule has 0 bridgehead atoms. The van der Waals surface area contributed by atoms with Gasteiger partial charge in [0.15, 0.2) is 11.5 Å². The summed E-state index contributed by atoms with van der Waals surface area (Å²) >= 11 is 12.0. The number of ether oxygens (including phenoxy) is 2. The highest BCUT2D eigenvalue weighted by molar-refractivity contribution is 6.41. The summed E-state index contributed by atoms with van der Waals surface area (Å²) < 4.78 is 34.6. The number of benzene rings is 2. The van der Waals surface area contributed by atoms with Crippen molar-refractivity contribution in [3.8, 4) is 17.6 Å². The lowest BCUT2D eigenvalue weighted by molar-refractivity contribution is -0.0514. The van der Waals surface area contributed by atoms with Crippen LogP contribution < -0.4 is 9.47 Å². The molecule has 0 radical (unpaired) electrons. The second-order valence-corrected chi connectivity index (χ2v) is 5.93. The lowest BCUT2D eigenvalue weighted by Gasteiger charge is -2.12. The minimum atomic E-state index is -3.01.